The van der Waals surface area contributed by atoms with Crippen LogP contribution in [0.15, 0.2) is 42.6 Å². The van der Waals surface area contributed by atoms with Crippen molar-refractivity contribution in [3.63, 3.8) is 0 Å². The number of aromatic nitrogens is 1. The van der Waals surface area contributed by atoms with Crippen molar-refractivity contribution in [2.24, 2.45) is 0 Å². The van der Waals surface area contributed by atoms with Crippen LogP contribution in [0, 0.1) is 0 Å². The Morgan fingerprint density at radius 2 is 2.00 bits per heavy atom. The molecule has 1 heterocycles. The van der Waals surface area contributed by atoms with Gasteiger partial charge in [0, 0.05) is 12.7 Å². The van der Waals surface area contributed by atoms with E-state index < -0.39 is 0 Å². The molecule has 2 N–H and O–H groups in total. The van der Waals surface area contributed by atoms with Crippen LogP contribution >= 0.6 is 12.2 Å². The topological polar surface area (TPSA) is 55.4 Å². The highest BCUT2D eigenvalue weighted by atomic mass is 32.1. The van der Waals surface area contributed by atoms with Gasteiger partial charge in [-0.15, -0.1) is 0 Å². The van der Waals surface area contributed by atoms with E-state index in [0.29, 0.717) is 23.3 Å². The molecule has 0 aliphatic rings. The standard InChI is InChI=1S/C18H23N3O2S/c1-3-23-15-10-8-14(9-11-15)6-4-13-20-18(24)21-17-16(22-2)7-5-12-19-17/h5,7-12H,3-4,6,13H2,1-2H3,(H2,19,20,21,24). The molecule has 0 unspecified atom stereocenters. The lowest BCUT2D eigenvalue weighted by molar-refractivity contribution is 0.340. The minimum atomic E-state index is 0.540. The number of hydrogen-bond donors (Lipinski definition) is 2. The Labute approximate surface area is 148 Å². The van der Waals surface area contributed by atoms with E-state index >= 15 is 0 Å². The van der Waals surface area contributed by atoms with E-state index in [4.69, 9.17) is 21.7 Å². The van der Waals surface area contributed by atoms with Crippen LogP contribution in [0.1, 0.15) is 18.9 Å². The molecule has 0 atom stereocenters. The summed E-state index contributed by atoms with van der Waals surface area (Å²) < 4.78 is 10.7. The number of ether oxygens (including phenoxy) is 2. The molecule has 5 nitrogen and oxygen atoms in total. The molecule has 1 aromatic heterocycles. The highest BCUT2D eigenvalue weighted by Gasteiger charge is 2.04. The van der Waals surface area contributed by atoms with Gasteiger partial charge < -0.3 is 20.1 Å². The Morgan fingerprint density at radius 1 is 1.21 bits per heavy atom. The highest BCUT2D eigenvalue weighted by Crippen LogP contribution is 2.19. The zero-order valence-electron chi connectivity index (χ0n) is 14.0. The van der Waals surface area contributed by atoms with Crippen molar-refractivity contribution in [3.05, 3.63) is 48.2 Å². The summed E-state index contributed by atoms with van der Waals surface area (Å²) in [7, 11) is 1.61. The lowest BCUT2D eigenvalue weighted by Crippen LogP contribution is -2.30. The number of benzene rings is 1. The Kier molecular flexibility index (Phi) is 7.29. The molecule has 128 valence electrons. The molecular weight excluding hydrogens is 322 g/mol. The molecule has 2 rings (SSSR count). The van der Waals surface area contributed by atoms with Crippen molar-refractivity contribution >= 4 is 23.1 Å². The van der Waals surface area contributed by atoms with Gasteiger partial charge in [0.05, 0.1) is 13.7 Å². The first-order valence-electron chi connectivity index (χ1n) is 7.98. The molecule has 1 aromatic carbocycles. The molecule has 0 fully saturated rings. The average molecular weight is 345 g/mol. The number of aryl methyl sites for hydroxylation is 1. The van der Waals surface area contributed by atoms with Gasteiger partial charge in [0.1, 0.15) is 5.75 Å². The van der Waals surface area contributed by atoms with Gasteiger partial charge in [-0.3, -0.25) is 0 Å². The van der Waals surface area contributed by atoms with Crippen molar-refractivity contribution in [2.75, 3.05) is 25.6 Å². The third-order valence-corrected chi connectivity index (χ3v) is 3.63. The van der Waals surface area contributed by atoms with Crippen LogP contribution < -0.4 is 20.1 Å². The predicted molar refractivity (Wildman–Crippen MR) is 101 cm³/mol. The minimum absolute atomic E-state index is 0.540. The summed E-state index contributed by atoms with van der Waals surface area (Å²) in [6.45, 7) is 3.46. The molecule has 0 aliphatic carbocycles. The van der Waals surface area contributed by atoms with Crippen LogP contribution in [-0.4, -0.2) is 30.4 Å². The number of nitrogens with zero attached hydrogens (tertiary/aromatic N) is 1. The fourth-order valence-corrected chi connectivity index (χ4v) is 2.41. The molecule has 0 aliphatic heterocycles. The lowest BCUT2D eigenvalue weighted by atomic mass is 10.1. The van der Waals surface area contributed by atoms with Crippen LogP contribution in [-0.2, 0) is 6.42 Å². The summed E-state index contributed by atoms with van der Waals surface area (Å²) >= 11 is 5.29. The van der Waals surface area contributed by atoms with E-state index in [2.05, 4.69) is 27.8 Å². The van der Waals surface area contributed by atoms with Crippen molar-refractivity contribution in [1.82, 2.24) is 10.3 Å². The summed E-state index contributed by atoms with van der Waals surface area (Å²) in [6.07, 6.45) is 3.66. The number of methoxy groups -OCH3 is 1. The number of pyridine rings is 1. The van der Waals surface area contributed by atoms with E-state index in [1.807, 2.05) is 31.2 Å². The largest absolute Gasteiger partial charge is 0.494 e. The summed E-state index contributed by atoms with van der Waals surface area (Å²) in [4.78, 5) is 4.21. The van der Waals surface area contributed by atoms with Gasteiger partial charge in [-0.1, -0.05) is 12.1 Å². The van der Waals surface area contributed by atoms with Gasteiger partial charge >= 0.3 is 0 Å². The smallest absolute Gasteiger partial charge is 0.174 e. The van der Waals surface area contributed by atoms with Crippen LogP contribution in [0.4, 0.5) is 5.82 Å². The van der Waals surface area contributed by atoms with Crippen molar-refractivity contribution < 1.29 is 9.47 Å². The Balaban J connectivity index is 1.71. The number of nitrogens with one attached hydrogen (secondary N) is 2. The number of thiocarbonyl (C=S) groups is 1. The lowest BCUT2D eigenvalue weighted by Gasteiger charge is -2.12. The monoisotopic (exact) mass is 345 g/mol. The maximum absolute atomic E-state index is 5.44. The molecular formula is C18H23N3O2S. The van der Waals surface area contributed by atoms with Gasteiger partial charge in [-0.25, -0.2) is 4.98 Å². The summed E-state index contributed by atoms with van der Waals surface area (Å²) in [5.74, 6) is 2.19. The third-order valence-electron chi connectivity index (χ3n) is 3.38. The first kappa shape index (κ1) is 18.0. The van der Waals surface area contributed by atoms with Crippen molar-refractivity contribution in [2.45, 2.75) is 19.8 Å². The first-order chi connectivity index (χ1) is 11.7. The molecule has 24 heavy (non-hydrogen) atoms. The second-order valence-electron chi connectivity index (χ2n) is 5.12. The Hall–Kier alpha value is -2.34. The van der Waals surface area contributed by atoms with Crippen molar-refractivity contribution in [3.8, 4) is 11.5 Å². The van der Waals surface area contributed by atoms with E-state index in [1.54, 1.807) is 13.3 Å². The molecule has 0 amide bonds. The van der Waals surface area contributed by atoms with Gasteiger partial charge in [0.25, 0.3) is 0 Å². The van der Waals surface area contributed by atoms with E-state index in [0.717, 1.165) is 25.1 Å². The number of anilines is 1. The van der Waals surface area contributed by atoms with Gasteiger partial charge in [0.2, 0.25) is 0 Å². The predicted octanol–water partition coefficient (Wildman–Crippen LogP) is 3.41. The molecule has 0 spiro atoms. The fourth-order valence-electron chi connectivity index (χ4n) is 2.21. The zero-order valence-corrected chi connectivity index (χ0v) is 14.9. The fraction of sp³-hybridized carbons (Fsp3) is 0.333. The van der Waals surface area contributed by atoms with Crippen LogP contribution in [0.3, 0.4) is 0 Å². The van der Waals surface area contributed by atoms with Crippen LogP contribution in [0.5, 0.6) is 11.5 Å². The zero-order chi connectivity index (χ0) is 17.2. The first-order valence-corrected chi connectivity index (χ1v) is 8.39. The molecule has 6 heteroatoms. The van der Waals surface area contributed by atoms with Gasteiger partial charge in [-0.2, -0.15) is 0 Å². The summed E-state index contributed by atoms with van der Waals surface area (Å²) in [5.41, 5.74) is 1.28. The van der Waals surface area contributed by atoms with Crippen LogP contribution in [0.2, 0.25) is 0 Å². The molecule has 0 saturated carbocycles. The second kappa shape index (κ2) is 9.72. The quantitative estimate of drug-likeness (QED) is 0.565. The third kappa shape index (κ3) is 5.70. The highest BCUT2D eigenvalue weighted by molar-refractivity contribution is 7.80. The summed E-state index contributed by atoms with van der Waals surface area (Å²) in [5, 5.41) is 6.77. The van der Waals surface area contributed by atoms with Gasteiger partial charge in [-0.05, 0) is 61.8 Å². The van der Waals surface area contributed by atoms with Gasteiger partial charge in [0.15, 0.2) is 16.7 Å². The molecule has 2 aromatic rings. The van der Waals surface area contributed by atoms with Crippen molar-refractivity contribution in [1.29, 1.82) is 0 Å². The molecule has 0 saturated heterocycles. The number of rotatable bonds is 8. The van der Waals surface area contributed by atoms with Crippen LogP contribution in [0.25, 0.3) is 0 Å². The number of hydrogen-bond acceptors (Lipinski definition) is 4. The van der Waals surface area contributed by atoms with E-state index in [9.17, 15) is 0 Å². The minimum Gasteiger partial charge on any atom is -0.494 e. The Bertz CT molecular complexity index is 647. The average Bonchev–Trinajstić information content (AvgIpc) is 2.61. The SMILES string of the molecule is CCOc1ccc(CCCNC(=S)Nc2ncccc2OC)cc1. The summed E-state index contributed by atoms with van der Waals surface area (Å²) in [6, 6.07) is 11.9. The molecule has 0 radical (unpaired) electrons. The maximum Gasteiger partial charge on any atom is 0.174 e. The maximum atomic E-state index is 5.44. The second-order valence-corrected chi connectivity index (χ2v) is 5.52. The van der Waals surface area contributed by atoms with E-state index in [1.165, 1.54) is 5.56 Å². The van der Waals surface area contributed by atoms with E-state index in [-0.39, 0.29) is 0 Å². The normalized spacial score (nSPS) is 10.1. The Morgan fingerprint density at radius 3 is 2.71 bits per heavy atom. The molecule has 0 bridgehead atoms.